The molecular formula is C13H14FN3O2. The van der Waals surface area contributed by atoms with Crippen molar-refractivity contribution in [3.8, 4) is 11.8 Å². The first-order chi connectivity index (χ1) is 9.20. The number of benzene rings is 1. The Bertz CT molecular complexity index is 563. The Morgan fingerprint density at radius 2 is 2.11 bits per heavy atom. The monoisotopic (exact) mass is 263 g/mol. The summed E-state index contributed by atoms with van der Waals surface area (Å²) in [5.74, 6) is -0.0787. The lowest BCUT2D eigenvalue weighted by atomic mass is 10.1. The lowest BCUT2D eigenvalue weighted by molar-refractivity contribution is 0.293. The summed E-state index contributed by atoms with van der Waals surface area (Å²) in [5.41, 5.74) is 6.34. The maximum Gasteiger partial charge on any atom is 0.318 e. The van der Waals surface area contributed by atoms with Gasteiger partial charge in [0.1, 0.15) is 5.75 Å². The van der Waals surface area contributed by atoms with Gasteiger partial charge in [-0.1, -0.05) is 18.2 Å². The zero-order chi connectivity index (χ0) is 13.7. The smallest absolute Gasteiger partial charge is 0.318 e. The van der Waals surface area contributed by atoms with Crippen molar-refractivity contribution in [3.63, 3.8) is 0 Å². The van der Waals surface area contributed by atoms with Gasteiger partial charge in [-0.15, -0.1) is 0 Å². The molecule has 0 amide bonds. The molecule has 100 valence electrons. The first-order valence-corrected chi connectivity index (χ1v) is 5.73. The maximum atomic E-state index is 12.9. The number of hydrogen-bond acceptors (Lipinski definition) is 5. The van der Waals surface area contributed by atoms with Gasteiger partial charge in [-0.2, -0.15) is 4.98 Å². The van der Waals surface area contributed by atoms with Crippen LogP contribution in [0.5, 0.6) is 11.8 Å². The molecule has 0 aliphatic carbocycles. The summed E-state index contributed by atoms with van der Waals surface area (Å²) < 4.78 is 23.4. The van der Waals surface area contributed by atoms with E-state index < -0.39 is 5.82 Å². The highest BCUT2D eigenvalue weighted by atomic mass is 19.1. The molecule has 1 heterocycles. The number of nitrogens with zero attached hydrogens (tertiary/aromatic N) is 2. The third-order valence-electron chi connectivity index (χ3n) is 2.54. The summed E-state index contributed by atoms with van der Waals surface area (Å²) in [5, 5.41) is 0. The van der Waals surface area contributed by atoms with Crippen LogP contribution < -0.4 is 15.2 Å². The van der Waals surface area contributed by atoms with Gasteiger partial charge in [-0.05, 0) is 11.6 Å². The molecule has 2 rings (SSSR count). The molecule has 0 radical (unpaired) electrons. The molecule has 1 aromatic heterocycles. The van der Waals surface area contributed by atoms with E-state index in [0.717, 1.165) is 17.5 Å². The lowest BCUT2D eigenvalue weighted by Gasteiger charge is -2.08. The van der Waals surface area contributed by atoms with E-state index >= 15 is 0 Å². The number of halogens is 1. The summed E-state index contributed by atoms with van der Waals surface area (Å²) in [6.45, 7) is 0.353. The fraction of sp³-hybridized carbons (Fsp3) is 0.231. The molecule has 0 saturated heterocycles. The van der Waals surface area contributed by atoms with Gasteiger partial charge in [0.15, 0.2) is 11.6 Å². The molecule has 1 aromatic carbocycles. The molecule has 2 aromatic rings. The minimum Gasteiger partial charge on any atom is -0.496 e. The van der Waals surface area contributed by atoms with Gasteiger partial charge >= 0.3 is 6.01 Å². The molecule has 0 spiro atoms. The van der Waals surface area contributed by atoms with Crippen LogP contribution in [0.2, 0.25) is 0 Å². The fourth-order valence-electron chi connectivity index (χ4n) is 1.59. The summed E-state index contributed by atoms with van der Waals surface area (Å²) >= 11 is 0. The van der Waals surface area contributed by atoms with E-state index in [0.29, 0.717) is 13.0 Å². The number of para-hydroxylation sites is 1. The normalized spacial score (nSPS) is 10.2. The molecular weight excluding hydrogens is 249 g/mol. The second-order valence-electron chi connectivity index (χ2n) is 3.80. The van der Waals surface area contributed by atoms with Crippen molar-refractivity contribution in [3.05, 3.63) is 41.8 Å². The first kappa shape index (κ1) is 13.1. The minimum atomic E-state index is -0.655. The predicted molar refractivity (Wildman–Crippen MR) is 68.6 cm³/mol. The highest BCUT2D eigenvalue weighted by Crippen LogP contribution is 2.18. The average Bonchev–Trinajstić information content (AvgIpc) is 2.43. The van der Waals surface area contributed by atoms with Gasteiger partial charge in [-0.25, -0.2) is 9.37 Å². The predicted octanol–water partition coefficient (Wildman–Crippen LogP) is 1.83. The summed E-state index contributed by atoms with van der Waals surface area (Å²) in [6.07, 6.45) is 1.62. The van der Waals surface area contributed by atoms with E-state index in [1.807, 2.05) is 24.3 Å². The van der Waals surface area contributed by atoms with Gasteiger partial charge in [0.05, 0.1) is 19.9 Å². The molecule has 19 heavy (non-hydrogen) atoms. The Morgan fingerprint density at radius 1 is 1.32 bits per heavy atom. The second-order valence-corrected chi connectivity index (χ2v) is 3.80. The van der Waals surface area contributed by atoms with Gasteiger partial charge in [0.25, 0.3) is 0 Å². The number of nitrogens with two attached hydrogens (primary N) is 1. The number of aromatic nitrogens is 2. The molecule has 0 atom stereocenters. The standard InChI is InChI=1S/C13H14FN3O2/c1-18-11-5-3-2-4-9(11)6-7-19-13-16-8-10(14)12(15)17-13/h2-5,8H,6-7H2,1H3,(H2,15,16,17). The van der Waals surface area contributed by atoms with E-state index in [2.05, 4.69) is 9.97 Å². The zero-order valence-electron chi connectivity index (χ0n) is 10.5. The molecule has 6 heteroatoms. The minimum absolute atomic E-state index is 0.0637. The number of hydrogen-bond donors (Lipinski definition) is 1. The maximum absolute atomic E-state index is 12.9. The summed E-state index contributed by atoms with van der Waals surface area (Å²) in [6, 6.07) is 7.70. The van der Waals surface area contributed by atoms with E-state index in [9.17, 15) is 4.39 Å². The largest absolute Gasteiger partial charge is 0.496 e. The van der Waals surface area contributed by atoms with Crippen molar-refractivity contribution in [1.29, 1.82) is 0 Å². The molecule has 0 aliphatic rings. The first-order valence-electron chi connectivity index (χ1n) is 5.73. The van der Waals surface area contributed by atoms with Gasteiger partial charge in [-0.3, -0.25) is 0 Å². The Labute approximate surface area is 110 Å². The Kier molecular flexibility index (Phi) is 4.12. The molecule has 0 aliphatic heterocycles. The number of anilines is 1. The van der Waals surface area contributed by atoms with E-state index in [-0.39, 0.29) is 11.8 Å². The van der Waals surface area contributed by atoms with Crippen molar-refractivity contribution in [1.82, 2.24) is 9.97 Å². The van der Waals surface area contributed by atoms with Crippen LogP contribution in [0.3, 0.4) is 0 Å². The summed E-state index contributed by atoms with van der Waals surface area (Å²) in [7, 11) is 1.61. The van der Waals surface area contributed by atoms with Crippen LogP contribution in [0.1, 0.15) is 5.56 Å². The van der Waals surface area contributed by atoms with Crippen LogP contribution >= 0.6 is 0 Å². The topological polar surface area (TPSA) is 70.3 Å². The third-order valence-corrected chi connectivity index (χ3v) is 2.54. The van der Waals surface area contributed by atoms with Crippen LogP contribution in [-0.4, -0.2) is 23.7 Å². The highest BCUT2D eigenvalue weighted by molar-refractivity contribution is 5.33. The van der Waals surface area contributed by atoms with Crippen molar-refractivity contribution in [2.45, 2.75) is 6.42 Å². The molecule has 0 bridgehead atoms. The van der Waals surface area contributed by atoms with Crippen LogP contribution in [0.15, 0.2) is 30.5 Å². The Hall–Kier alpha value is -2.37. The Morgan fingerprint density at radius 3 is 2.84 bits per heavy atom. The highest BCUT2D eigenvalue weighted by Gasteiger charge is 2.05. The zero-order valence-corrected chi connectivity index (χ0v) is 10.5. The van der Waals surface area contributed by atoms with Crippen LogP contribution in [0.25, 0.3) is 0 Å². The molecule has 0 fully saturated rings. The quantitative estimate of drug-likeness (QED) is 0.891. The number of methoxy groups -OCH3 is 1. The summed E-state index contributed by atoms with van der Waals surface area (Å²) in [4.78, 5) is 7.38. The number of rotatable bonds is 5. The van der Waals surface area contributed by atoms with Gasteiger partial charge in [0.2, 0.25) is 0 Å². The molecule has 2 N–H and O–H groups in total. The van der Waals surface area contributed by atoms with Gasteiger partial charge in [0, 0.05) is 6.42 Å². The van der Waals surface area contributed by atoms with E-state index in [1.54, 1.807) is 7.11 Å². The average molecular weight is 263 g/mol. The molecule has 0 saturated carbocycles. The molecule has 5 nitrogen and oxygen atoms in total. The van der Waals surface area contributed by atoms with E-state index in [1.165, 1.54) is 0 Å². The van der Waals surface area contributed by atoms with E-state index in [4.69, 9.17) is 15.2 Å². The van der Waals surface area contributed by atoms with Crippen molar-refractivity contribution in [2.75, 3.05) is 19.5 Å². The van der Waals surface area contributed by atoms with Crippen LogP contribution in [-0.2, 0) is 6.42 Å². The Balaban J connectivity index is 1.94. The van der Waals surface area contributed by atoms with Crippen LogP contribution in [0, 0.1) is 5.82 Å². The lowest BCUT2D eigenvalue weighted by Crippen LogP contribution is -2.07. The van der Waals surface area contributed by atoms with Crippen molar-refractivity contribution in [2.24, 2.45) is 0 Å². The van der Waals surface area contributed by atoms with Crippen molar-refractivity contribution >= 4 is 5.82 Å². The number of ether oxygens (including phenoxy) is 2. The second kappa shape index (κ2) is 5.99. The SMILES string of the molecule is COc1ccccc1CCOc1ncc(F)c(N)n1. The van der Waals surface area contributed by atoms with Crippen molar-refractivity contribution < 1.29 is 13.9 Å². The van der Waals surface area contributed by atoms with Gasteiger partial charge < -0.3 is 15.2 Å². The molecule has 0 unspecified atom stereocenters. The third kappa shape index (κ3) is 3.31. The fourth-order valence-corrected chi connectivity index (χ4v) is 1.59. The van der Waals surface area contributed by atoms with Crippen LogP contribution in [0.4, 0.5) is 10.2 Å². The number of nitrogen functional groups attached to an aromatic ring is 1.